The summed E-state index contributed by atoms with van der Waals surface area (Å²) in [4.78, 5) is 0.529. The average Bonchev–Trinajstić information content (AvgIpc) is 1.83. The molecule has 0 aliphatic carbocycles. The van der Waals surface area contributed by atoms with Gasteiger partial charge in [0.2, 0.25) is 0 Å². The van der Waals surface area contributed by atoms with Crippen molar-refractivity contribution in [1.29, 1.82) is 0 Å². The molecule has 0 radical (unpaired) electrons. The van der Waals surface area contributed by atoms with Gasteiger partial charge in [0.25, 0.3) is 0 Å². The van der Waals surface area contributed by atoms with Gasteiger partial charge in [-0.15, -0.1) is 4.90 Å². The summed E-state index contributed by atoms with van der Waals surface area (Å²) in [6.07, 6.45) is 0. The zero-order valence-electron chi connectivity index (χ0n) is 4.70. The van der Waals surface area contributed by atoms with Crippen molar-refractivity contribution in [2.45, 2.75) is 4.90 Å². The molecule has 0 spiro atoms. The zero-order chi connectivity index (χ0) is 6.85. The summed E-state index contributed by atoms with van der Waals surface area (Å²) >= 11 is 16.1. The third-order valence-electron chi connectivity index (χ3n) is 0.919. The fourth-order valence-electron chi connectivity index (χ4n) is 0.483. The van der Waals surface area contributed by atoms with E-state index in [1.165, 1.54) is 0 Å². The standard InChI is InChI=1S/C6H4Cl2S.Ag/c7-4-2-1-3-5(8)6(4)9;/h1-3,9H;/q;+1/p-1. The summed E-state index contributed by atoms with van der Waals surface area (Å²) in [5.41, 5.74) is 0. The number of halogens is 2. The van der Waals surface area contributed by atoms with E-state index in [9.17, 15) is 0 Å². The Balaban J connectivity index is 0.000000810. The number of hydrogen-bond donors (Lipinski definition) is 0. The van der Waals surface area contributed by atoms with Crippen LogP contribution in [-0.2, 0) is 35.0 Å². The molecule has 0 saturated heterocycles. The van der Waals surface area contributed by atoms with E-state index in [-0.39, 0.29) is 22.4 Å². The molecule has 0 atom stereocenters. The molecule has 1 rings (SSSR count). The van der Waals surface area contributed by atoms with Crippen LogP contribution in [0.3, 0.4) is 0 Å². The van der Waals surface area contributed by atoms with E-state index in [1.807, 2.05) is 0 Å². The fourth-order valence-corrected chi connectivity index (χ4v) is 1.02. The van der Waals surface area contributed by atoms with Gasteiger partial charge in [0.1, 0.15) is 0 Å². The van der Waals surface area contributed by atoms with Gasteiger partial charge in [0.15, 0.2) is 0 Å². The molecule has 0 aromatic heterocycles. The van der Waals surface area contributed by atoms with Crippen molar-refractivity contribution in [2.24, 2.45) is 0 Å². The van der Waals surface area contributed by atoms with E-state index < -0.39 is 0 Å². The van der Waals surface area contributed by atoms with Crippen molar-refractivity contribution in [3.63, 3.8) is 0 Å². The minimum absolute atomic E-state index is 0. The molecule has 0 amide bonds. The third-order valence-corrected chi connectivity index (χ3v) is 2.21. The van der Waals surface area contributed by atoms with Gasteiger partial charge in [-0.2, -0.15) is 0 Å². The smallest absolute Gasteiger partial charge is 0.777 e. The zero-order valence-corrected chi connectivity index (χ0v) is 8.51. The van der Waals surface area contributed by atoms with Crippen molar-refractivity contribution in [3.8, 4) is 0 Å². The Morgan fingerprint density at radius 1 is 1.10 bits per heavy atom. The summed E-state index contributed by atoms with van der Waals surface area (Å²) in [5.74, 6) is 0. The third kappa shape index (κ3) is 2.42. The van der Waals surface area contributed by atoms with Crippen LogP contribution < -0.4 is 0 Å². The molecule has 0 aliphatic rings. The van der Waals surface area contributed by atoms with E-state index in [0.717, 1.165) is 0 Å². The summed E-state index contributed by atoms with van der Waals surface area (Å²) < 4.78 is 0. The minimum Gasteiger partial charge on any atom is -0.777 e. The van der Waals surface area contributed by atoms with Gasteiger partial charge in [0, 0.05) is 10.0 Å². The van der Waals surface area contributed by atoms with E-state index in [0.29, 0.717) is 14.9 Å². The summed E-state index contributed by atoms with van der Waals surface area (Å²) in [5, 5.41) is 1.08. The van der Waals surface area contributed by atoms with Gasteiger partial charge >= 0.3 is 22.4 Å². The first-order valence-electron chi connectivity index (χ1n) is 2.33. The maximum absolute atomic E-state index is 5.63. The SMILES string of the molecule is [Ag+].[S-]c1c(Cl)cccc1Cl. The van der Waals surface area contributed by atoms with E-state index in [1.54, 1.807) is 18.2 Å². The molecule has 0 N–H and O–H groups in total. The van der Waals surface area contributed by atoms with Crippen LogP contribution in [0.15, 0.2) is 23.1 Å². The Kier molecular flexibility index (Phi) is 4.95. The molecule has 0 saturated carbocycles. The van der Waals surface area contributed by atoms with Crippen LogP contribution in [-0.4, -0.2) is 0 Å². The van der Waals surface area contributed by atoms with Crippen LogP contribution in [0.2, 0.25) is 10.0 Å². The maximum Gasteiger partial charge on any atom is 1.00 e. The van der Waals surface area contributed by atoms with Crippen molar-refractivity contribution >= 4 is 35.8 Å². The first-order chi connectivity index (χ1) is 4.22. The largest absolute Gasteiger partial charge is 1.00 e. The molecule has 1 aromatic rings. The molecular formula is C6H3AgCl2S. The van der Waals surface area contributed by atoms with Gasteiger partial charge in [0.05, 0.1) is 0 Å². The molecule has 0 fully saturated rings. The average molecular weight is 286 g/mol. The normalized spacial score (nSPS) is 8.60. The van der Waals surface area contributed by atoms with Crippen molar-refractivity contribution in [1.82, 2.24) is 0 Å². The second-order valence-corrected chi connectivity index (χ2v) is 2.77. The Labute approximate surface area is 90.8 Å². The van der Waals surface area contributed by atoms with Crippen LogP contribution in [0.25, 0.3) is 0 Å². The summed E-state index contributed by atoms with van der Waals surface area (Å²) in [6, 6.07) is 5.20. The second kappa shape index (κ2) is 4.60. The Hall–Kier alpha value is 0.760. The first-order valence-corrected chi connectivity index (χ1v) is 3.49. The van der Waals surface area contributed by atoms with Gasteiger partial charge in [-0.05, 0) is 12.1 Å². The quantitative estimate of drug-likeness (QED) is 0.522. The van der Waals surface area contributed by atoms with Gasteiger partial charge in [-0.1, -0.05) is 29.3 Å². The van der Waals surface area contributed by atoms with Crippen LogP contribution in [0.1, 0.15) is 0 Å². The Morgan fingerprint density at radius 2 is 1.50 bits per heavy atom. The van der Waals surface area contributed by atoms with Gasteiger partial charge < -0.3 is 12.6 Å². The van der Waals surface area contributed by atoms with Crippen LogP contribution in [0.5, 0.6) is 0 Å². The molecule has 0 aliphatic heterocycles. The Morgan fingerprint density at radius 3 is 1.80 bits per heavy atom. The summed E-state index contributed by atoms with van der Waals surface area (Å²) in [7, 11) is 0. The molecule has 10 heavy (non-hydrogen) atoms. The molecule has 0 bridgehead atoms. The molecule has 0 heterocycles. The van der Waals surface area contributed by atoms with Crippen LogP contribution in [0, 0.1) is 0 Å². The van der Waals surface area contributed by atoms with E-state index >= 15 is 0 Å². The van der Waals surface area contributed by atoms with Crippen molar-refractivity contribution in [3.05, 3.63) is 28.2 Å². The van der Waals surface area contributed by atoms with E-state index in [4.69, 9.17) is 35.8 Å². The van der Waals surface area contributed by atoms with Crippen molar-refractivity contribution < 1.29 is 22.4 Å². The van der Waals surface area contributed by atoms with Crippen molar-refractivity contribution in [2.75, 3.05) is 0 Å². The molecule has 58 valence electrons. The maximum atomic E-state index is 5.63. The van der Waals surface area contributed by atoms with Gasteiger partial charge in [-0.3, -0.25) is 0 Å². The second-order valence-electron chi connectivity index (χ2n) is 1.55. The topological polar surface area (TPSA) is 0 Å². The molecule has 1 aromatic carbocycles. The minimum atomic E-state index is 0. The molecular weight excluding hydrogens is 283 g/mol. The monoisotopic (exact) mass is 284 g/mol. The van der Waals surface area contributed by atoms with E-state index in [2.05, 4.69) is 0 Å². The Bertz CT molecular complexity index is 207. The number of benzene rings is 1. The predicted molar refractivity (Wildman–Crippen MR) is 42.1 cm³/mol. The number of hydrogen-bond acceptors (Lipinski definition) is 1. The van der Waals surface area contributed by atoms with Crippen LogP contribution >= 0.6 is 23.2 Å². The number of rotatable bonds is 0. The fraction of sp³-hybridized carbons (Fsp3) is 0. The summed E-state index contributed by atoms with van der Waals surface area (Å²) in [6.45, 7) is 0. The molecule has 0 unspecified atom stereocenters. The predicted octanol–water partition coefficient (Wildman–Crippen LogP) is 2.90. The first kappa shape index (κ1) is 10.8. The van der Waals surface area contributed by atoms with Gasteiger partial charge in [-0.25, -0.2) is 0 Å². The van der Waals surface area contributed by atoms with Crippen LogP contribution in [0.4, 0.5) is 0 Å². The molecule has 4 heteroatoms. The molecule has 0 nitrogen and oxygen atoms in total.